The van der Waals surface area contributed by atoms with Crippen molar-refractivity contribution in [1.82, 2.24) is 5.06 Å². The summed E-state index contributed by atoms with van der Waals surface area (Å²) in [7, 11) is -3.50. The molecule has 0 unspecified atom stereocenters. The van der Waals surface area contributed by atoms with E-state index < -0.39 is 10.1 Å². The van der Waals surface area contributed by atoms with Crippen molar-refractivity contribution < 1.29 is 17.8 Å². The molecule has 0 aliphatic carbocycles. The van der Waals surface area contributed by atoms with E-state index in [1.54, 1.807) is 13.0 Å². The fraction of sp³-hybridized carbons (Fsp3) is 0.429. The molecule has 13 heavy (non-hydrogen) atoms. The van der Waals surface area contributed by atoms with Crippen LogP contribution in [0.2, 0.25) is 0 Å². The van der Waals surface area contributed by atoms with Gasteiger partial charge in [0, 0.05) is 5.70 Å². The molecule has 1 aliphatic rings. The maximum Gasteiger partial charge on any atom is 0.306 e. The molecule has 1 aliphatic heterocycles. The SMILES string of the molecule is CC1=CC=C(OS(C)(=O)=O)CN1O. The van der Waals surface area contributed by atoms with Gasteiger partial charge in [0.15, 0.2) is 0 Å². The number of hydroxylamine groups is 2. The first-order chi connectivity index (χ1) is 5.88. The minimum Gasteiger partial charge on any atom is -0.385 e. The summed E-state index contributed by atoms with van der Waals surface area (Å²) in [6, 6.07) is 0. The van der Waals surface area contributed by atoms with E-state index in [4.69, 9.17) is 0 Å². The zero-order valence-electron chi connectivity index (χ0n) is 7.39. The Morgan fingerprint density at radius 1 is 1.54 bits per heavy atom. The summed E-state index contributed by atoms with van der Waals surface area (Å²) in [4.78, 5) is 0. The van der Waals surface area contributed by atoms with Crippen LogP contribution in [0.25, 0.3) is 0 Å². The van der Waals surface area contributed by atoms with E-state index in [0.717, 1.165) is 11.3 Å². The summed E-state index contributed by atoms with van der Waals surface area (Å²) in [5.74, 6) is 0.204. The highest BCUT2D eigenvalue weighted by Crippen LogP contribution is 2.13. The van der Waals surface area contributed by atoms with Crippen molar-refractivity contribution in [1.29, 1.82) is 0 Å². The number of rotatable bonds is 2. The highest BCUT2D eigenvalue weighted by atomic mass is 32.2. The highest BCUT2D eigenvalue weighted by molar-refractivity contribution is 7.86. The third-order valence-corrected chi connectivity index (χ3v) is 2.00. The molecule has 1 rings (SSSR count). The second-order valence-corrected chi connectivity index (χ2v) is 4.36. The van der Waals surface area contributed by atoms with E-state index in [-0.39, 0.29) is 12.3 Å². The van der Waals surface area contributed by atoms with Gasteiger partial charge in [-0.05, 0) is 19.1 Å². The summed E-state index contributed by atoms with van der Waals surface area (Å²) < 4.78 is 26.0. The van der Waals surface area contributed by atoms with E-state index in [0.29, 0.717) is 5.70 Å². The Hall–Kier alpha value is -1.01. The third-order valence-electron chi connectivity index (χ3n) is 1.48. The first kappa shape index (κ1) is 10.1. The molecule has 0 radical (unpaired) electrons. The third kappa shape index (κ3) is 3.08. The second kappa shape index (κ2) is 3.39. The molecular weight excluding hydrogens is 194 g/mol. The minimum atomic E-state index is -3.50. The fourth-order valence-electron chi connectivity index (χ4n) is 0.873. The predicted molar refractivity (Wildman–Crippen MR) is 46.3 cm³/mol. The van der Waals surface area contributed by atoms with Crippen LogP contribution < -0.4 is 0 Å². The Morgan fingerprint density at radius 3 is 2.62 bits per heavy atom. The average molecular weight is 205 g/mol. The van der Waals surface area contributed by atoms with Crippen molar-refractivity contribution in [2.24, 2.45) is 0 Å². The van der Waals surface area contributed by atoms with E-state index in [9.17, 15) is 13.6 Å². The van der Waals surface area contributed by atoms with Crippen molar-refractivity contribution in [2.45, 2.75) is 6.92 Å². The molecule has 6 heteroatoms. The Kier molecular flexibility index (Phi) is 2.63. The van der Waals surface area contributed by atoms with Crippen molar-refractivity contribution in [3.8, 4) is 0 Å². The monoisotopic (exact) mass is 205 g/mol. The number of hydrogen-bond donors (Lipinski definition) is 1. The normalized spacial score (nSPS) is 17.9. The summed E-state index contributed by atoms with van der Waals surface area (Å²) in [5, 5.41) is 10.1. The van der Waals surface area contributed by atoms with Gasteiger partial charge in [0.2, 0.25) is 0 Å². The molecule has 1 N–H and O–H groups in total. The van der Waals surface area contributed by atoms with Gasteiger partial charge < -0.3 is 4.18 Å². The molecule has 0 amide bonds. The van der Waals surface area contributed by atoms with E-state index in [1.165, 1.54) is 6.08 Å². The molecule has 0 aromatic heterocycles. The van der Waals surface area contributed by atoms with Crippen LogP contribution in [0.3, 0.4) is 0 Å². The maximum absolute atomic E-state index is 10.7. The largest absolute Gasteiger partial charge is 0.385 e. The summed E-state index contributed by atoms with van der Waals surface area (Å²) in [6.45, 7) is 1.75. The molecule has 1 heterocycles. The Balaban J connectivity index is 2.75. The number of hydrogen-bond acceptors (Lipinski definition) is 5. The number of allylic oxidation sites excluding steroid dienone is 3. The molecule has 0 spiro atoms. The first-order valence-corrected chi connectivity index (χ1v) is 5.43. The van der Waals surface area contributed by atoms with Crippen LogP contribution in [0.4, 0.5) is 0 Å². The lowest BCUT2D eigenvalue weighted by molar-refractivity contribution is -0.0535. The van der Waals surface area contributed by atoms with Gasteiger partial charge in [-0.2, -0.15) is 8.42 Å². The first-order valence-electron chi connectivity index (χ1n) is 3.62. The molecule has 0 aromatic carbocycles. The minimum absolute atomic E-state index is 0.0510. The zero-order valence-corrected chi connectivity index (χ0v) is 8.21. The van der Waals surface area contributed by atoms with Gasteiger partial charge in [-0.25, -0.2) is 0 Å². The molecule has 0 atom stereocenters. The lowest BCUT2D eigenvalue weighted by Crippen LogP contribution is -2.24. The number of nitrogens with zero attached hydrogens (tertiary/aromatic N) is 1. The van der Waals surface area contributed by atoms with Crippen molar-refractivity contribution >= 4 is 10.1 Å². The molecule has 0 aromatic rings. The van der Waals surface area contributed by atoms with Gasteiger partial charge in [-0.15, -0.1) is 0 Å². The molecule has 0 bridgehead atoms. The molecule has 74 valence electrons. The Morgan fingerprint density at radius 2 is 2.15 bits per heavy atom. The molecule has 0 saturated heterocycles. The van der Waals surface area contributed by atoms with Gasteiger partial charge in [0.05, 0.1) is 6.26 Å². The zero-order chi connectivity index (χ0) is 10.1. The van der Waals surface area contributed by atoms with Crippen LogP contribution in [0, 0.1) is 0 Å². The van der Waals surface area contributed by atoms with Crippen molar-refractivity contribution in [3.05, 3.63) is 23.6 Å². The van der Waals surface area contributed by atoms with E-state index in [2.05, 4.69) is 4.18 Å². The van der Waals surface area contributed by atoms with Crippen molar-refractivity contribution in [2.75, 3.05) is 12.8 Å². The molecule has 0 saturated carbocycles. The topological polar surface area (TPSA) is 66.8 Å². The van der Waals surface area contributed by atoms with E-state index in [1.807, 2.05) is 0 Å². The van der Waals surface area contributed by atoms with Gasteiger partial charge in [-0.1, -0.05) is 0 Å². The predicted octanol–water partition coefficient (Wildman–Crippen LogP) is 0.455. The Bertz CT molecular complexity index is 355. The Labute approximate surface area is 77.0 Å². The van der Waals surface area contributed by atoms with Crippen LogP contribution in [0.15, 0.2) is 23.6 Å². The molecule has 5 nitrogen and oxygen atoms in total. The van der Waals surface area contributed by atoms with Gasteiger partial charge in [-0.3, -0.25) is 10.3 Å². The van der Waals surface area contributed by atoms with Crippen LogP contribution in [-0.4, -0.2) is 31.5 Å². The lowest BCUT2D eigenvalue weighted by atomic mass is 10.3. The summed E-state index contributed by atoms with van der Waals surface area (Å²) in [6.07, 6.45) is 4.05. The van der Waals surface area contributed by atoms with Crippen LogP contribution in [-0.2, 0) is 14.3 Å². The molecular formula is C7H11NO4S. The highest BCUT2D eigenvalue weighted by Gasteiger charge is 2.14. The maximum atomic E-state index is 10.7. The van der Waals surface area contributed by atoms with Gasteiger partial charge in [0.1, 0.15) is 12.3 Å². The van der Waals surface area contributed by atoms with Gasteiger partial charge in [0.25, 0.3) is 0 Å². The standard InChI is InChI=1S/C7H11NO4S/c1-6-3-4-7(5-8(6)9)12-13(2,10)11/h3-4,9H,5H2,1-2H3. The van der Waals surface area contributed by atoms with E-state index >= 15 is 0 Å². The fourth-order valence-corrected chi connectivity index (χ4v) is 1.37. The molecule has 0 fully saturated rings. The smallest absolute Gasteiger partial charge is 0.306 e. The quantitative estimate of drug-likeness (QED) is 0.663. The lowest BCUT2D eigenvalue weighted by Gasteiger charge is -2.21. The van der Waals surface area contributed by atoms with Crippen molar-refractivity contribution in [3.63, 3.8) is 0 Å². The summed E-state index contributed by atoms with van der Waals surface area (Å²) >= 11 is 0. The van der Waals surface area contributed by atoms with Crippen LogP contribution in [0.5, 0.6) is 0 Å². The average Bonchev–Trinajstić information content (AvgIpc) is 1.94. The summed E-state index contributed by atoms with van der Waals surface area (Å²) in [5.41, 5.74) is 0.640. The van der Waals surface area contributed by atoms with Crippen LogP contribution >= 0.6 is 0 Å². The second-order valence-electron chi connectivity index (χ2n) is 2.79. The van der Waals surface area contributed by atoms with Gasteiger partial charge >= 0.3 is 10.1 Å². The van der Waals surface area contributed by atoms with Crippen LogP contribution in [0.1, 0.15) is 6.92 Å².